The zero-order valence-corrected chi connectivity index (χ0v) is 22.8. The van der Waals surface area contributed by atoms with Gasteiger partial charge in [-0.15, -0.1) is 0 Å². The summed E-state index contributed by atoms with van der Waals surface area (Å²) in [5.74, 6) is 0.343. The molecule has 0 aliphatic rings. The Morgan fingerprint density at radius 2 is 1.65 bits per heavy atom. The molecule has 37 heavy (non-hydrogen) atoms. The molecule has 0 aliphatic heterocycles. The Labute approximate surface area is 228 Å². The van der Waals surface area contributed by atoms with E-state index in [1.165, 1.54) is 12.0 Å². The Kier molecular flexibility index (Phi) is 10.7. The van der Waals surface area contributed by atoms with Crippen LogP contribution in [0.3, 0.4) is 0 Å². The Balaban J connectivity index is 1.96. The minimum atomic E-state index is -0.795. The van der Waals surface area contributed by atoms with Crippen LogP contribution in [0.15, 0.2) is 72.8 Å². The fourth-order valence-corrected chi connectivity index (χ4v) is 4.26. The molecule has 0 aliphatic carbocycles. The Morgan fingerprint density at radius 1 is 0.973 bits per heavy atom. The number of carbonyl (C=O) groups is 2. The van der Waals surface area contributed by atoms with Gasteiger partial charge in [-0.05, 0) is 48.7 Å². The minimum absolute atomic E-state index is 0.0494. The molecule has 0 fully saturated rings. The van der Waals surface area contributed by atoms with Gasteiger partial charge in [0.25, 0.3) is 5.91 Å². The van der Waals surface area contributed by atoms with Gasteiger partial charge in [-0.2, -0.15) is 0 Å². The normalized spacial score (nSPS) is 12.4. The maximum absolute atomic E-state index is 13.7. The van der Waals surface area contributed by atoms with Gasteiger partial charge < -0.3 is 19.7 Å². The van der Waals surface area contributed by atoms with Gasteiger partial charge in [0, 0.05) is 29.1 Å². The van der Waals surface area contributed by atoms with E-state index in [9.17, 15) is 9.59 Å². The van der Waals surface area contributed by atoms with Crippen molar-refractivity contribution in [2.24, 2.45) is 0 Å². The van der Waals surface area contributed by atoms with Crippen LogP contribution in [0.4, 0.5) is 0 Å². The Bertz CT molecular complexity index is 1190. The van der Waals surface area contributed by atoms with Crippen molar-refractivity contribution in [1.29, 1.82) is 0 Å². The average molecular weight is 543 g/mol. The monoisotopic (exact) mass is 542 g/mol. The molecule has 0 bridgehead atoms. The number of amides is 2. The summed E-state index contributed by atoms with van der Waals surface area (Å²) in [4.78, 5) is 28.8. The van der Waals surface area contributed by atoms with E-state index < -0.39 is 6.04 Å². The number of methoxy groups -OCH3 is 1. The van der Waals surface area contributed by atoms with E-state index in [-0.39, 0.29) is 31.0 Å². The molecule has 2 unspecified atom stereocenters. The number of para-hydroxylation sites is 2. The molecule has 0 heterocycles. The van der Waals surface area contributed by atoms with Crippen LogP contribution >= 0.6 is 23.2 Å². The van der Waals surface area contributed by atoms with Gasteiger partial charge in [0.1, 0.15) is 6.04 Å². The summed E-state index contributed by atoms with van der Waals surface area (Å²) in [6.07, 6.45) is 1.09. The van der Waals surface area contributed by atoms with Crippen LogP contribution in [0, 0.1) is 0 Å². The van der Waals surface area contributed by atoms with Crippen LogP contribution in [-0.4, -0.2) is 42.5 Å². The van der Waals surface area contributed by atoms with Gasteiger partial charge in [-0.25, -0.2) is 0 Å². The van der Waals surface area contributed by atoms with Crippen molar-refractivity contribution in [1.82, 2.24) is 10.2 Å². The first kappa shape index (κ1) is 28.4. The van der Waals surface area contributed by atoms with Gasteiger partial charge in [-0.1, -0.05) is 78.7 Å². The molecule has 3 rings (SSSR count). The number of nitrogens with one attached hydrogen (secondary N) is 1. The van der Waals surface area contributed by atoms with Gasteiger partial charge in [0.2, 0.25) is 5.91 Å². The maximum atomic E-state index is 13.7. The summed E-state index contributed by atoms with van der Waals surface area (Å²) < 4.78 is 11.2. The lowest BCUT2D eigenvalue weighted by Crippen LogP contribution is -2.53. The molecule has 1 N–H and O–H groups in total. The van der Waals surface area contributed by atoms with Crippen molar-refractivity contribution < 1.29 is 19.1 Å². The maximum Gasteiger partial charge on any atom is 0.261 e. The number of carbonyl (C=O) groups excluding carboxylic acids is 2. The van der Waals surface area contributed by atoms with Crippen molar-refractivity contribution in [3.63, 3.8) is 0 Å². The molecule has 0 saturated heterocycles. The fraction of sp³-hybridized carbons (Fsp3) is 0.310. The topological polar surface area (TPSA) is 67.9 Å². The van der Waals surface area contributed by atoms with Gasteiger partial charge in [0.15, 0.2) is 18.1 Å². The highest BCUT2D eigenvalue weighted by atomic mass is 35.5. The molecule has 2 amide bonds. The molecule has 0 spiro atoms. The summed E-state index contributed by atoms with van der Waals surface area (Å²) in [6, 6.07) is 20.9. The molecular weight excluding hydrogens is 511 g/mol. The fourth-order valence-electron chi connectivity index (χ4n) is 3.79. The third-order valence-corrected chi connectivity index (χ3v) is 6.64. The van der Waals surface area contributed by atoms with Crippen LogP contribution in [0.25, 0.3) is 0 Å². The highest BCUT2D eigenvalue weighted by Gasteiger charge is 2.31. The number of hydrogen-bond donors (Lipinski definition) is 1. The summed E-state index contributed by atoms with van der Waals surface area (Å²) in [5.41, 5.74) is 1.60. The number of rotatable bonds is 12. The molecule has 196 valence electrons. The van der Waals surface area contributed by atoms with E-state index >= 15 is 0 Å². The smallest absolute Gasteiger partial charge is 0.261 e. The second-order valence-electron chi connectivity index (χ2n) is 8.72. The quantitative estimate of drug-likeness (QED) is 0.307. The van der Waals surface area contributed by atoms with Crippen molar-refractivity contribution in [2.75, 3.05) is 13.7 Å². The second kappa shape index (κ2) is 13.9. The van der Waals surface area contributed by atoms with Crippen molar-refractivity contribution in [3.8, 4) is 11.5 Å². The zero-order chi connectivity index (χ0) is 26.8. The van der Waals surface area contributed by atoms with Gasteiger partial charge in [0.05, 0.1) is 7.11 Å². The van der Waals surface area contributed by atoms with E-state index in [2.05, 4.69) is 5.32 Å². The summed E-state index contributed by atoms with van der Waals surface area (Å²) in [6.45, 7) is 3.75. The zero-order valence-electron chi connectivity index (χ0n) is 21.2. The van der Waals surface area contributed by atoms with E-state index in [0.717, 1.165) is 12.0 Å². The summed E-state index contributed by atoms with van der Waals surface area (Å²) in [5, 5.41) is 3.94. The second-order valence-corrected chi connectivity index (χ2v) is 9.56. The highest BCUT2D eigenvalue weighted by Crippen LogP contribution is 2.27. The number of nitrogens with zero attached hydrogens (tertiary/aromatic N) is 1. The van der Waals surface area contributed by atoms with E-state index in [1.807, 2.05) is 50.2 Å². The molecular formula is C29H32Cl2N2O4. The van der Waals surface area contributed by atoms with Gasteiger partial charge in [-0.3, -0.25) is 9.59 Å². The molecule has 8 heteroatoms. The summed E-state index contributed by atoms with van der Waals surface area (Å²) >= 11 is 12.6. The molecule has 6 nitrogen and oxygen atoms in total. The third kappa shape index (κ3) is 8.14. The number of halogens is 2. The van der Waals surface area contributed by atoms with E-state index in [4.69, 9.17) is 32.7 Å². The van der Waals surface area contributed by atoms with E-state index in [0.29, 0.717) is 33.5 Å². The predicted octanol–water partition coefficient (Wildman–Crippen LogP) is 5.94. The molecule has 3 aromatic carbocycles. The SMILES string of the molecule is CCC(C)NC(=O)C(Cc1ccccc1)N(Cc1ccc(Cl)cc1Cl)C(=O)COc1ccccc1OC. The third-order valence-electron chi connectivity index (χ3n) is 6.05. The van der Waals surface area contributed by atoms with Gasteiger partial charge >= 0.3 is 0 Å². The van der Waals surface area contributed by atoms with Crippen LogP contribution < -0.4 is 14.8 Å². The first-order valence-electron chi connectivity index (χ1n) is 12.2. The van der Waals surface area contributed by atoms with E-state index in [1.54, 1.807) is 36.4 Å². The number of hydrogen-bond acceptors (Lipinski definition) is 4. The predicted molar refractivity (Wildman–Crippen MR) is 147 cm³/mol. The Hall–Kier alpha value is -3.22. The standard InChI is InChI=1S/C29H32Cl2N2O4/c1-4-20(2)32-29(35)25(16-21-10-6-5-7-11-21)33(18-22-14-15-23(30)17-24(22)31)28(34)19-37-27-13-9-8-12-26(27)36-3/h5-15,17,20,25H,4,16,18-19H2,1-3H3,(H,32,35). The molecule has 0 aromatic heterocycles. The number of ether oxygens (including phenoxy) is 2. The van der Waals surface area contributed by atoms with Crippen LogP contribution in [0.1, 0.15) is 31.4 Å². The summed E-state index contributed by atoms with van der Waals surface area (Å²) in [7, 11) is 1.54. The largest absolute Gasteiger partial charge is 0.493 e. The first-order chi connectivity index (χ1) is 17.8. The minimum Gasteiger partial charge on any atom is -0.493 e. The van der Waals surface area contributed by atoms with Crippen molar-refractivity contribution in [3.05, 3.63) is 94.0 Å². The lowest BCUT2D eigenvalue weighted by Gasteiger charge is -2.32. The Morgan fingerprint density at radius 3 is 2.30 bits per heavy atom. The van der Waals surface area contributed by atoms with Crippen molar-refractivity contribution in [2.45, 2.75) is 45.3 Å². The molecule has 3 aromatic rings. The first-order valence-corrected chi connectivity index (χ1v) is 12.9. The van der Waals surface area contributed by atoms with Crippen LogP contribution in [-0.2, 0) is 22.6 Å². The lowest BCUT2D eigenvalue weighted by molar-refractivity contribution is -0.143. The average Bonchev–Trinajstić information content (AvgIpc) is 2.90. The molecule has 0 radical (unpaired) electrons. The lowest BCUT2D eigenvalue weighted by atomic mass is 10.0. The molecule has 2 atom stereocenters. The number of benzene rings is 3. The van der Waals surface area contributed by atoms with Crippen LogP contribution in [0.2, 0.25) is 10.0 Å². The van der Waals surface area contributed by atoms with Crippen molar-refractivity contribution >= 4 is 35.0 Å². The van der Waals surface area contributed by atoms with Crippen LogP contribution in [0.5, 0.6) is 11.5 Å². The molecule has 0 saturated carbocycles. The highest BCUT2D eigenvalue weighted by molar-refractivity contribution is 6.35.